The molecule has 1 fully saturated rings. The number of phenols is 1. The average Bonchev–Trinajstić information content (AvgIpc) is 3.71. The molecule has 322 valence electrons. The molecule has 5 rings (SSSR count). The number of halogens is 1. The van der Waals surface area contributed by atoms with Crippen LogP contribution in [0.1, 0.15) is 119 Å². The fraction of sp³-hybridized carbons (Fsp3) is 0.422. The number of hydrogen-bond donors (Lipinski definition) is 7. The van der Waals surface area contributed by atoms with Crippen LogP contribution < -0.4 is 16.0 Å². The van der Waals surface area contributed by atoms with Crippen molar-refractivity contribution in [3.63, 3.8) is 0 Å². The Morgan fingerprint density at radius 2 is 1.55 bits per heavy atom. The molecule has 0 spiro atoms. The molecular weight excluding hydrogens is 788 g/mol. The number of carboxylic acids is 1. The zero-order valence-electron chi connectivity index (χ0n) is 34.4. The standard InChI is InChI=1S/C28H41N5O7.C17H16ClNO/c1-17-12-20(13-18(2)26(17)37)27(38)29-14-22(34)10-8-21(9-11-24(35)28(39)40)30-25(36)16-33-15-23(31-32-33)19-6-4-3-5-7-19;1-2-4-13-5-3-6-14(11-13)12-19-17(20)15-7-9-16(18)10-8-15/h12-13,15,19,21-22,24,34-35,37H,3-11,14,16H2,1-2H3,(H,29,38)(H,30,36)(H,39,40);2-11H,12H2,1H3,(H,19,20)/b;4-2+. The van der Waals surface area contributed by atoms with E-state index in [1.165, 1.54) is 11.1 Å². The number of carboxylic acid groups (broad SMARTS) is 1. The van der Waals surface area contributed by atoms with Crippen molar-refractivity contribution in [3.8, 4) is 5.75 Å². The molecule has 1 heterocycles. The van der Waals surface area contributed by atoms with Gasteiger partial charge in [0.2, 0.25) is 5.91 Å². The number of aromatic hydroxyl groups is 1. The van der Waals surface area contributed by atoms with Crippen LogP contribution in [-0.2, 0) is 22.7 Å². The number of hydrogen-bond acceptors (Lipinski definition) is 9. The number of aromatic nitrogens is 3. The van der Waals surface area contributed by atoms with Gasteiger partial charge in [-0.05, 0) is 124 Å². The topological polar surface area (TPSA) is 216 Å². The number of nitrogens with zero attached hydrogens (tertiary/aromatic N) is 3. The van der Waals surface area contributed by atoms with Gasteiger partial charge in [0.05, 0.1) is 11.8 Å². The number of aryl methyl sites for hydroxylation is 2. The van der Waals surface area contributed by atoms with Gasteiger partial charge in [0.1, 0.15) is 12.3 Å². The third-order valence-corrected chi connectivity index (χ3v) is 10.5. The summed E-state index contributed by atoms with van der Waals surface area (Å²) in [6.07, 6.45) is 9.66. The van der Waals surface area contributed by atoms with Gasteiger partial charge in [0.15, 0.2) is 6.10 Å². The molecule has 60 heavy (non-hydrogen) atoms. The Balaban J connectivity index is 0.000000331. The lowest BCUT2D eigenvalue weighted by molar-refractivity contribution is -0.147. The summed E-state index contributed by atoms with van der Waals surface area (Å²) < 4.78 is 1.49. The van der Waals surface area contributed by atoms with E-state index in [2.05, 4.69) is 32.3 Å². The van der Waals surface area contributed by atoms with Gasteiger partial charge in [-0.1, -0.05) is 66.4 Å². The van der Waals surface area contributed by atoms with E-state index >= 15 is 0 Å². The lowest BCUT2D eigenvalue weighted by Crippen LogP contribution is -2.39. The van der Waals surface area contributed by atoms with Crippen LogP contribution in [-0.4, -0.2) is 83.9 Å². The highest BCUT2D eigenvalue weighted by atomic mass is 35.5. The van der Waals surface area contributed by atoms with Crippen LogP contribution in [0.15, 0.2) is 72.9 Å². The van der Waals surface area contributed by atoms with Crippen molar-refractivity contribution in [1.29, 1.82) is 0 Å². The van der Waals surface area contributed by atoms with E-state index in [9.17, 15) is 34.5 Å². The third kappa shape index (κ3) is 15.6. The first-order valence-electron chi connectivity index (χ1n) is 20.3. The molecule has 3 atom stereocenters. The minimum Gasteiger partial charge on any atom is -0.507 e. The van der Waals surface area contributed by atoms with Crippen LogP contribution in [0.2, 0.25) is 5.02 Å². The Morgan fingerprint density at radius 1 is 0.883 bits per heavy atom. The van der Waals surface area contributed by atoms with E-state index in [-0.39, 0.29) is 55.8 Å². The van der Waals surface area contributed by atoms with Gasteiger partial charge in [-0.25, -0.2) is 9.48 Å². The first-order valence-corrected chi connectivity index (χ1v) is 20.7. The minimum absolute atomic E-state index is 0.0286. The lowest BCUT2D eigenvalue weighted by atomic mass is 9.87. The van der Waals surface area contributed by atoms with E-state index in [0.29, 0.717) is 46.2 Å². The van der Waals surface area contributed by atoms with Crippen molar-refractivity contribution < 1.29 is 39.6 Å². The zero-order chi connectivity index (χ0) is 43.6. The van der Waals surface area contributed by atoms with Crippen molar-refractivity contribution >= 4 is 41.4 Å². The number of nitrogens with one attached hydrogen (secondary N) is 3. The van der Waals surface area contributed by atoms with Crippen LogP contribution in [0.5, 0.6) is 5.75 Å². The van der Waals surface area contributed by atoms with Crippen LogP contribution in [0.3, 0.4) is 0 Å². The largest absolute Gasteiger partial charge is 0.507 e. The summed E-state index contributed by atoms with van der Waals surface area (Å²) in [6, 6.07) is 17.6. The number of amides is 3. The van der Waals surface area contributed by atoms with Crippen molar-refractivity contribution in [2.24, 2.45) is 0 Å². The summed E-state index contributed by atoms with van der Waals surface area (Å²) in [5, 5.41) is 56.5. The zero-order valence-corrected chi connectivity index (χ0v) is 35.2. The molecule has 1 aromatic heterocycles. The predicted molar refractivity (Wildman–Crippen MR) is 230 cm³/mol. The fourth-order valence-electron chi connectivity index (χ4n) is 6.95. The molecule has 14 nitrogen and oxygen atoms in total. The van der Waals surface area contributed by atoms with Gasteiger partial charge in [0.25, 0.3) is 11.8 Å². The van der Waals surface area contributed by atoms with Crippen LogP contribution >= 0.6 is 11.6 Å². The molecule has 3 aromatic carbocycles. The molecule has 0 bridgehead atoms. The normalized spacial score (nSPS) is 14.4. The summed E-state index contributed by atoms with van der Waals surface area (Å²) in [5.74, 6) is -1.68. The Morgan fingerprint density at radius 3 is 2.22 bits per heavy atom. The average molecular weight is 845 g/mol. The molecule has 1 aliphatic carbocycles. The van der Waals surface area contributed by atoms with Gasteiger partial charge < -0.3 is 36.4 Å². The highest BCUT2D eigenvalue weighted by molar-refractivity contribution is 6.30. The smallest absolute Gasteiger partial charge is 0.332 e. The van der Waals surface area contributed by atoms with E-state index in [1.807, 2.05) is 37.3 Å². The molecule has 4 aromatic rings. The maximum atomic E-state index is 12.8. The number of phenolic OH excluding ortho intramolecular Hbond substituents is 1. The van der Waals surface area contributed by atoms with Crippen molar-refractivity contribution in [1.82, 2.24) is 30.9 Å². The molecule has 0 radical (unpaired) electrons. The first-order chi connectivity index (χ1) is 28.7. The lowest BCUT2D eigenvalue weighted by Gasteiger charge is -2.21. The summed E-state index contributed by atoms with van der Waals surface area (Å²) in [6.45, 7) is 5.80. The number of carbonyl (C=O) groups excluding carboxylic acids is 3. The van der Waals surface area contributed by atoms with Crippen LogP contribution in [0, 0.1) is 13.8 Å². The summed E-state index contributed by atoms with van der Waals surface area (Å²) in [7, 11) is 0. The number of aliphatic carboxylic acids is 1. The monoisotopic (exact) mass is 844 g/mol. The number of allylic oxidation sites excluding steroid dienone is 1. The molecule has 0 aliphatic heterocycles. The number of carbonyl (C=O) groups is 4. The van der Waals surface area contributed by atoms with E-state index in [4.69, 9.17) is 16.7 Å². The van der Waals surface area contributed by atoms with Gasteiger partial charge in [0, 0.05) is 47.4 Å². The second-order valence-corrected chi connectivity index (χ2v) is 15.6. The molecule has 3 unspecified atom stereocenters. The van der Waals surface area contributed by atoms with E-state index in [1.54, 1.807) is 56.4 Å². The molecule has 1 aliphatic rings. The van der Waals surface area contributed by atoms with Gasteiger partial charge in [-0.15, -0.1) is 5.10 Å². The van der Waals surface area contributed by atoms with Gasteiger partial charge in [-0.3, -0.25) is 14.4 Å². The number of aliphatic hydroxyl groups excluding tert-OH is 2. The highest BCUT2D eigenvalue weighted by Gasteiger charge is 2.22. The highest BCUT2D eigenvalue weighted by Crippen LogP contribution is 2.31. The van der Waals surface area contributed by atoms with Crippen molar-refractivity contribution in [2.75, 3.05) is 6.54 Å². The first kappa shape index (κ1) is 47.1. The molecular formula is C45H57ClN6O8. The summed E-state index contributed by atoms with van der Waals surface area (Å²) in [4.78, 5) is 48.3. The van der Waals surface area contributed by atoms with Crippen LogP contribution in [0.4, 0.5) is 0 Å². The quantitative estimate of drug-likeness (QED) is 0.0599. The Bertz CT molecular complexity index is 2040. The second kappa shape index (κ2) is 23.9. The molecule has 7 N–H and O–H groups in total. The minimum atomic E-state index is -1.56. The Hall–Kier alpha value is -5.57. The molecule has 1 saturated carbocycles. The summed E-state index contributed by atoms with van der Waals surface area (Å²) in [5.41, 5.74) is 5.21. The predicted octanol–water partition coefficient (Wildman–Crippen LogP) is 6.23. The van der Waals surface area contributed by atoms with Crippen molar-refractivity contribution in [3.05, 3.63) is 117 Å². The fourth-order valence-corrected chi connectivity index (χ4v) is 7.07. The number of rotatable bonds is 18. The third-order valence-electron chi connectivity index (χ3n) is 10.3. The van der Waals surface area contributed by atoms with Gasteiger partial charge >= 0.3 is 5.97 Å². The van der Waals surface area contributed by atoms with E-state index in [0.717, 1.165) is 42.5 Å². The van der Waals surface area contributed by atoms with Gasteiger partial charge in [-0.2, -0.15) is 0 Å². The maximum Gasteiger partial charge on any atom is 0.332 e. The second-order valence-electron chi connectivity index (χ2n) is 15.2. The van der Waals surface area contributed by atoms with Crippen molar-refractivity contribution in [2.45, 2.75) is 116 Å². The van der Waals surface area contributed by atoms with Crippen LogP contribution in [0.25, 0.3) is 6.08 Å². The maximum absolute atomic E-state index is 12.8. The Kier molecular flexibility index (Phi) is 18.7. The molecule has 0 saturated heterocycles. The summed E-state index contributed by atoms with van der Waals surface area (Å²) >= 11 is 5.80. The van der Waals surface area contributed by atoms with E-state index < -0.39 is 24.2 Å². The number of aliphatic hydroxyl groups is 2. The SMILES string of the molecule is C/C=C/c1cccc(CNC(=O)c2ccc(Cl)cc2)c1.Cc1cc(C(=O)NCC(O)CCC(CCC(O)C(=O)O)NC(=O)Cn2cc(C3CCCCC3)nn2)cc(C)c1O. The Labute approximate surface area is 356 Å². The molecule has 15 heteroatoms. The number of benzene rings is 3. The molecule has 3 amide bonds.